The van der Waals surface area contributed by atoms with Crippen molar-refractivity contribution < 1.29 is 14.3 Å². The Morgan fingerprint density at radius 3 is 3.14 bits per heavy atom. The lowest BCUT2D eigenvalue weighted by Gasteiger charge is -2.31. The second-order valence-electron chi connectivity index (χ2n) is 5.48. The highest BCUT2D eigenvalue weighted by Crippen LogP contribution is 2.22. The van der Waals surface area contributed by atoms with Crippen LogP contribution in [-0.4, -0.2) is 46.7 Å². The van der Waals surface area contributed by atoms with Crippen LogP contribution in [-0.2, 0) is 9.53 Å². The Morgan fingerprint density at radius 1 is 1.45 bits per heavy atom. The van der Waals surface area contributed by atoms with Gasteiger partial charge in [-0.2, -0.15) is 5.10 Å². The van der Waals surface area contributed by atoms with Crippen LogP contribution in [0.15, 0.2) is 24.4 Å². The second kappa shape index (κ2) is 6.17. The van der Waals surface area contributed by atoms with Crippen molar-refractivity contribution in [3.63, 3.8) is 0 Å². The van der Waals surface area contributed by atoms with Crippen LogP contribution >= 0.6 is 0 Å². The van der Waals surface area contributed by atoms with E-state index in [4.69, 9.17) is 4.74 Å². The Kier molecular flexibility index (Phi) is 4.09. The van der Waals surface area contributed by atoms with Crippen LogP contribution in [0.25, 0.3) is 10.9 Å². The molecule has 1 amide bonds. The first kappa shape index (κ1) is 14.6. The zero-order chi connectivity index (χ0) is 15.5. The number of H-pyrrole nitrogens is 1. The van der Waals surface area contributed by atoms with Crippen LogP contribution in [0, 0.1) is 5.92 Å². The number of ether oxygens (including phenoxy) is 1. The molecule has 1 aliphatic rings. The van der Waals surface area contributed by atoms with Gasteiger partial charge >= 0.3 is 5.97 Å². The number of nitrogens with one attached hydrogen (secondary N) is 1. The first-order valence-electron chi connectivity index (χ1n) is 7.58. The summed E-state index contributed by atoms with van der Waals surface area (Å²) in [5, 5.41) is 7.77. The molecule has 3 rings (SSSR count). The zero-order valence-corrected chi connectivity index (χ0v) is 12.5. The Labute approximate surface area is 128 Å². The average molecular weight is 301 g/mol. The van der Waals surface area contributed by atoms with Crippen LogP contribution < -0.4 is 0 Å². The van der Waals surface area contributed by atoms with Crippen molar-refractivity contribution in [3.05, 3.63) is 30.0 Å². The van der Waals surface area contributed by atoms with E-state index >= 15 is 0 Å². The number of esters is 1. The van der Waals surface area contributed by atoms with Gasteiger partial charge in [0.2, 0.25) is 0 Å². The van der Waals surface area contributed by atoms with Crippen molar-refractivity contribution in [3.8, 4) is 0 Å². The number of rotatable bonds is 3. The van der Waals surface area contributed by atoms with Gasteiger partial charge in [-0.15, -0.1) is 0 Å². The summed E-state index contributed by atoms with van der Waals surface area (Å²) >= 11 is 0. The highest BCUT2D eigenvalue weighted by molar-refractivity contribution is 6.05. The minimum Gasteiger partial charge on any atom is -0.466 e. The van der Waals surface area contributed by atoms with Gasteiger partial charge in [0.05, 0.1) is 29.8 Å². The Bertz CT molecular complexity index is 695. The van der Waals surface area contributed by atoms with E-state index in [-0.39, 0.29) is 17.8 Å². The monoisotopic (exact) mass is 301 g/mol. The van der Waals surface area contributed by atoms with E-state index in [9.17, 15) is 9.59 Å². The Balaban J connectivity index is 1.80. The molecule has 1 aromatic carbocycles. The van der Waals surface area contributed by atoms with Crippen LogP contribution in [0.1, 0.15) is 30.1 Å². The van der Waals surface area contributed by atoms with Crippen molar-refractivity contribution in [2.75, 3.05) is 19.7 Å². The summed E-state index contributed by atoms with van der Waals surface area (Å²) in [4.78, 5) is 26.4. The third kappa shape index (κ3) is 2.68. The number of fused-ring (bicyclic) bond motifs is 1. The quantitative estimate of drug-likeness (QED) is 0.880. The largest absolute Gasteiger partial charge is 0.466 e. The zero-order valence-electron chi connectivity index (χ0n) is 12.5. The molecule has 1 unspecified atom stereocenters. The van der Waals surface area contributed by atoms with E-state index in [1.165, 1.54) is 0 Å². The molecule has 1 N–H and O–H groups in total. The number of hydrogen-bond acceptors (Lipinski definition) is 4. The van der Waals surface area contributed by atoms with Crippen molar-refractivity contribution >= 4 is 22.8 Å². The number of benzene rings is 1. The van der Waals surface area contributed by atoms with E-state index in [1.807, 2.05) is 12.1 Å². The minimum absolute atomic E-state index is 0.0659. The van der Waals surface area contributed by atoms with E-state index in [0.29, 0.717) is 25.3 Å². The van der Waals surface area contributed by atoms with Crippen molar-refractivity contribution in [1.29, 1.82) is 0 Å². The molecule has 0 bridgehead atoms. The molecule has 1 aromatic heterocycles. The van der Waals surface area contributed by atoms with Gasteiger partial charge in [-0.1, -0.05) is 12.1 Å². The summed E-state index contributed by atoms with van der Waals surface area (Å²) in [5.74, 6) is -0.498. The predicted octanol–water partition coefficient (Wildman–Crippen LogP) is 1.98. The third-order valence-corrected chi connectivity index (χ3v) is 4.04. The van der Waals surface area contributed by atoms with Gasteiger partial charge in [0, 0.05) is 18.5 Å². The van der Waals surface area contributed by atoms with Crippen LogP contribution in [0.3, 0.4) is 0 Å². The van der Waals surface area contributed by atoms with E-state index in [0.717, 1.165) is 23.7 Å². The number of hydrogen-bond donors (Lipinski definition) is 1. The number of carbonyl (C=O) groups excluding carboxylic acids is 2. The van der Waals surface area contributed by atoms with Gasteiger partial charge in [0.1, 0.15) is 0 Å². The molecule has 22 heavy (non-hydrogen) atoms. The molecule has 1 saturated heterocycles. The van der Waals surface area contributed by atoms with Crippen LogP contribution in [0.5, 0.6) is 0 Å². The lowest BCUT2D eigenvalue weighted by molar-refractivity contribution is -0.149. The highest BCUT2D eigenvalue weighted by atomic mass is 16.5. The lowest BCUT2D eigenvalue weighted by atomic mass is 9.97. The van der Waals surface area contributed by atoms with Gasteiger partial charge in [-0.3, -0.25) is 14.7 Å². The van der Waals surface area contributed by atoms with Crippen LogP contribution in [0.4, 0.5) is 0 Å². The topological polar surface area (TPSA) is 75.3 Å². The fraction of sp³-hybridized carbons (Fsp3) is 0.438. The maximum atomic E-state index is 12.8. The predicted molar refractivity (Wildman–Crippen MR) is 81.4 cm³/mol. The van der Waals surface area contributed by atoms with E-state index in [2.05, 4.69) is 10.2 Å². The molecule has 6 nitrogen and oxygen atoms in total. The summed E-state index contributed by atoms with van der Waals surface area (Å²) < 4.78 is 5.08. The summed E-state index contributed by atoms with van der Waals surface area (Å²) in [7, 11) is 0. The molecule has 1 atom stereocenters. The van der Waals surface area contributed by atoms with Crippen molar-refractivity contribution in [1.82, 2.24) is 15.1 Å². The molecule has 0 aliphatic carbocycles. The van der Waals surface area contributed by atoms with Gasteiger partial charge in [0.25, 0.3) is 5.91 Å². The Hall–Kier alpha value is -2.37. The lowest BCUT2D eigenvalue weighted by Crippen LogP contribution is -2.42. The third-order valence-electron chi connectivity index (χ3n) is 4.04. The number of amides is 1. The average Bonchev–Trinajstić information content (AvgIpc) is 3.03. The summed E-state index contributed by atoms with van der Waals surface area (Å²) in [5.41, 5.74) is 1.34. The molecule has 0 radical (unpaired) electrons. The summed E-state index contributed by atoms with van der Waals surface area (Å²) in [6.45, 7) is 3.25. The van der Waals surface area contributed by atoms with E-state index in [1.54, 1.807) is 24.1 Å². The number of likely N-dealkylation sites (tertiary alicyclic amines) is 1. The Morgan fingerprint density at radius 2 is 2.32 bits per heavy atom. The number of carbonyl (C=O) groups is 2. The normalized spacial score (nSPS) is 18.4. The first-order valence-corrected chi connectivity index (χ1v) is 7.58. The number of aromatic amines is 1. The van der Waals surface area contributed by atoms with Crippen LogP contribution in [0.2, 0.25) is 0 Å². The smallest absolute Gasteiger partial charge is 0.310 e. The fourth-order valence-electron chi connectivity index (χ4n) is 2.93. The molecular weight excluding hydrogens is 282 g/mol. The molecule has 116 valence electrons. The van der Waals surface area contributed by atoms with Gasteiger partial charge < -0.3 is 9.64 Å². The molecule has 1 fully saturated rings. The molecule has 0 spiro atoms. The molecule has 1 aliphatic heterocycles. The maximum absolute atomic E-state index is 12.8. The maximum Gasteiger partial charge on any atom is 0.310 e. The SMILES string of the molecule is CCOC(=O)C1CCCN(C(=O)c2cccc3cn[nH]c23)C1. The number of aromatic nitrogens is 2. The highest BCUT2D eigenvalue weighted by Gasteiger charge is 2.30. The first-order chi connectivity index (χ1) is 10.7. The van der Waals surface area contributed by atoms with Crippen molar-refractivity contribution in [2.45, 2.75) is 19.8 Å². The molecule has 2 aromatic rings. The molecule has 6 heteroatoms. The van der Waals surface area contributed by atoms with Gasteiger partial charge in [0.15, 0.2) is 0 Å². The standard InChI is InChI=1S/C16H19N3O3/c1-2-22-16(21)12-6-4-8-19(10-12)15(20)13-7-3-5-11-9-17-18-14(11)13/h3,5,7,9,12H,2,4,6,8,10H2,1H3,(H,17,18). The van der Waals surface area contributed by atoms with Gasteiger partial charge in [-0.05, 0) is 25.8 Å². The molecule has 0 saturated carbocycles. The van der Waals surface area contributed by atoms with Gasteiger partial charge in [-0.25, -0.2) is 0 Å². The van der Waals surface area contributed by atoms with E-state index < -0.39 is 0 Å². The number of para-hydroxylation sites is 1. The number of nitrogens with zero attached hydrogens (tertiary/aromatic N) is 2. The second-order valence-corrected chi connectivity index (χ2v) is 5.48. The molecular formula is C16H19N3O3. The minimum atomic E-state index is -0.224. The fourth-order valence-corrected chi connectivity index (χ4v) is 2.93. The number of piperidine rings is 1. The summed E-state index contributed by atoms with van der Waals surface area (Å²) in [6.07, 6.45) is 3.29. The van der Waals surface area contributed by atoms with Crippen molar-refractivity contribution in [2.24, 2.45) is 5.92 Å². The molecule has 2 heterocycles. The summed E-state index contributed by atoms with van der Waals surface area (Å²) in [6, 6.07) is 5.54.